The second kappa shape index (κ2) is 4.27. The van der Waals surface area contributed by atoms with E-state index in [0.29, 0.717) is 11.3 Å². The summed E-state index contributed by atoms with van der Waals surface area (Å²) in [5.74, 6) is -0.611. The number of primary amides is 1. The third-order valence-corrected chi connectivity index (χ3v) is 1.50. The molecule has 0 atom stereocenters. The zero-order chi connectivity index (χ0) is 10.6. The van der Waals surface area contributed by atoms with E-state index in [0.717, 1.165) is 0 Å². The average molecular weight is 195 g/mol. The number of hydrogen-bond acceptors (Lipinski definition) is 3. The van der Waals surface area contributed by atoms with Crippen LogP contribution in [-0.2, 0) is 11.2 Å². The van der Waals surface area contributed by atoms with Gasteiger partial charge < -0.3 is 15.6 Å². The average Bonchev–Trinajstić information content (AvgIpc) is 2.06. The van der Waals surface area contributed by atoms with Crippen LogP contribution in [-0.4, -0.2) is 17.2 Å². The first-order valence-electron chi connectivity index (χ1n) is 3.86. The molecule has 5 heteroatoms. The van der Waals surface area contributed by atoms with Crippen LogP contribution in [0.4, 0.5) is 4.79 Å². The minimum absolute atomic E-state index is 0.0587. The summed E-state index contributed by atoms with van der Waals surface area (Å²) in [4.78, 5) is 20.7. The predicted octanol–water partition coefficient (Wildman–Crippen LogP) is 0.771. The maximum absolute atomic E-state index is 10.3. The molecule has 5 nitrogen and oxygen atoms in total. The molecule has 0 fully saturated rings. The molecule has 1 rings (SSSR count). The molecule has 0 aromatic heterocycles. The van der Waals surface area contributed by atoms with Crippen LogP contribution < -0.4 is 10.5 Å². The Morgan fingerprint density at radius 2 is 1.86 bits per heavy atom. The second-order valence-electron chi connectivity index (χ2n) is 2.64. The van der Waals surface area contributed by atoms with E-state index in [9.17, 15) is 9.59 Å². The molecule has 1 aromatic carbocycles. The summed E-state index contributed by atoms with van der Waals surface area (Å²) in [5.41, 5.74) is 5.42. The van der Waals surface area contributed by atoms with Crippen LogP contribution in [0.25, 0.3) is 0 Å². The van der Waals surface area contributed by atoms with E-state index in [-0.39, 0.29) is 6.42 Å². The smallest absolute Gasteiger partial charge is 0.409 e. The van der Waals surface area contributed by atoms with Crippen LogP contribution in [0.1, 0.15) is 5.56 Å². The van der Waals surface area contributed by atoms with Gasteiger partial charge in [-0.05, 0) is 17.7 Å². The Bertz CT molecular complexity index is 309. The molecule has 0 saturated heterocycles. The van der Waals surface area contributed by atoms with Crippen molar-refractivity contribution in [3.8, 4) is 5.75 Å². The number of amides is 1. The van der Waals surface area contributed by atoms with Crippen molar-refractivity contribution in [3.05, 3.63) is 29.8 Å². The molecule has 74 valence electrons. The number of aliphatic carboxylic acids is 1. The second-order valence-corrected chi connectivity index (χ2v) is 2.64. The molecule has 0 radical (unpaired) electrons. The minimum Gasteiger partial charge on any atom is -0.481 e. The standard InChI is InChI=1S/C9H9NO4/c10-9(13)14-7-3-1-6(2-4-7)5-8(11)12/h1-4H,5H2,(H2,10,13)(H,11,12). The fraction of sp³-hybridized carbons (Fsp3) is 0.111. The topological polar surface area (TPSA) is 89.6 Å². The van der Waals surface area contributed by atoms with Gasteiger partial charge in [-0.15, -0.1) is 0 Å². The third-order valence-electron chi connectivity index (χ3n) is 1.50. The highest BCUT2D eigenvalue weighted by molar-refractivity contribution is 5.70. The molecule has 1 amide bonds. The van der Waals surface area contributed by atoms with E-state index in [1.54, 1.807) is 12.1 Å². The lowest BCUT2D eigenvalue weighted by Gasteiger charge is -2.01. The van der Waals surface area contributed by atoms with Gasteiger partial charge in [0.05, 0.1) is 6.42 Å². The first-order chi connectivity index (χ1) is 6.58. The van der Waals surface area contributed by atoms with Gasteiger partial charge in [0.15, 0.2) is 0 Å². The summed E-state index contributed by atoms with van der Waals surface area (Å²) >= 11 is 0. The summed E-state index contributed by atoms with van der Waals surface area (Å²) in [6.07, 6.45) is -0.951. The van der Waals surface area contributed by atoms with Crippen molar-refractivity contribution in [2.75, 3.05) is 0 Å². The number of carboxylic acid groups (broad SMARTS) is 1. The van der Waals surface area contributed by atoms with Crippen LogP contribution in [0.5, 0.6) is 5.75 Å². The Hall–Kier alpha value is -2.04. The molecule has 0 spiro atoms. The van der Waals surface area contributed by atoms with Crippen LogP contribution in [0.3, 0.4) is 0 Å². The lowest BCUT2D eigenvalue weighted by Crippen LogP contribution is -2.16. The van der Waals surface area contributed by atoms with Crippen molar-refractivity contribution in [2.45, 2.75) is 6.42 Å². The number of carbonyl (C=O) groups is 2. The molecule has 1 aromatic rings. The molecule has 0 heterocycles. The van der Waals surface area contributed by atoms with Crippen LogP contribution in [0, 0.1) is 0 Å². The van der Waals surface area contributed by atoms with Gasteiger partial charge in [-0.3, -0.25) is 4.79 Å². The monoisotopic (exact) mass is 195 g/mol. The maximum atomic E-state index is 10.3. The number of rotatable bonds is 3. The Labute approximate surface area is 80.1 Å². The Kier molecular flexibility index (Phi) is 3.06. The molecular formula is C9H9NO4. The normalized spacial score (nSPS) is 9.43. The van der Waals surface area contributed by atoms with Gasteiger partial charge in [-0.1, -0.05) is 12.1 Å². The van der Waals surface area contributed by atoms with Crippen molar-refractivity contribution in [2.24, 2.45) is 5.73 Å². The van der Waals surface area contributed by atoms with Gasteiger partial charge in [0.1, 0.15) is 5.75 Å². The third kappa shape index (κ3) is 3.14. The highest BCUT2D eigenvalue weighted by atomic mass is 16.5. The fourth-order valence-corrected chi connectivity index (χ4v) is 0.966. The summed E-state index contributed by atoms with van der Waals surface area (Å²) < 4.78 is 4.57. The van der Waals surface area contributed by atoms with Gasteiger partial charge in [0.2, 0.25) is 0 Å². The van der Waals surface area contributed by atoms with Gasteiger partial charge in [-0.25, -0.2) is 4.79 Å². The molecule has 0 aliphatic carbocycles. The Morgan fingerprint density at radius 1 is 1.29 bits per heavy atom. The highest BCUT2D eigenvalue weighted by Gasteiger charge is 2.01. The van der Waals surface area contributed by atoms with Crippen molar-refractivity contribution < 1.29 is 19.4 Å². The molecule has 0 bridgehead atoms. The van der Waals surface area contributed by atoms with E-state index in [1.807, 2.05) is 0 Å². The number of hydrogen-bond donors (Lipinski definition) is 2. The molecular weight excluding hydrogens is 186 g/mol. The summed E-state index contributed by atoms with van der Waals surface area (Å²) in [7, 11) is 0. The Morgan fingerprint density at radius 3 is 2.29 bits per heavy atom. The summed E-state index contributed by atoms with van der Waals surface area (Å²) in [6.45, 7) is 0. The predicted molar refractivity (Wildman–Crippen MR) is 48.0 cm³/mol. The molecule has 14 heavy (non-hydrogen) atoms. The molecule has 0 unspecified atom stereocenters. The largest absolute Gasteiger partial charge is 0.481 e. The van der Waals surface area contributed by atoms with E-state index in [4.69, 9.17) is 10.8 Å². The van der Waals surface area contributed by atoms with Crippen LogP contribution >= 0.6 is 0 Å². The Balaban J connectivity index is 2.68. The number of carbonyl (C=O) groups excluding carboxylic acids is 1. The zero-order valence-corrected chi connectivity index (χ0v) is 7.27. The minimum atomic E-state index is -0.909. The van der Waals surface area contributed by atoms with Crippen molar-refractivity contribution in [1.82, 2.24) is 0 Å². The molecule has 3 N–H and O–H groups in total. The van der Waals surface area contributed by atoms with Crippen LogP contribution in [0.2, 0.25) is 0 Å². The molecule has 0 aliphatic rings. The van der Waals surface area contributed by atoms with E-state index in [1.165, 1.54) is 12.1 Å². The van der Waals surface area contributed by atoms with Crippen LogP contribution in [0.15, 0.2) is 24.3 Å². The number of ether oxygens (including phenoxy) is 1. The summed E-state index contributed by atoms with van der Waals surface area (Å²) in [5, 5.41) is 8.48. The van der Waals surface area contributed by atoms with E-state index >= 15 is 0 Å². The highest BCUT2D eigenvalue weighted by Crippen LogP contribution is 2.12. The van der Waals surface area contributed by atoms with E-state index < -0.39 is 12.1 Å². The van der Waals surface area contributed by atoms with Gasteiger partial charge >= 0.3 is 12.1 Å². The fourth-order valence-electron chi connectivity index (χ4n) is 0.966. The quantitative estimate of drug-likeness (QED) is 0.745. The number of benzene rings is 1. The lowest BCUT2D eigenvalue weighted by atomic mass is 10.1. The maximum Gasteiger partial charge on any atom is 0.409 e. The van der Waals surface area contributed by atoms with Crippen molar-refractivity contribution >= 4 is 12.1 Å². The van der Waals surface area contributed by atoms with E-state index in [2.05, 4.69) is 4.74 Å². The SMILES string of the molecule is NC(=O)Oc1ccc(CC(=O)O)cc1. The van der Waals surface area contributed by atoms with Gasteiger partial charge in [0, 0.05) is 0 Å². The number of nitrogens with two attached hydrogens (primary N) is 1. The van der Waals surface area contributed by atoms with Crippen molar-refractivity contribution in [1.29, 1.82) is 0 Å². The number of carboxylic acids is 1. The van der Waals surface area contributed by atoms with Gasteiger partial charge in [-0.2, -0.15) is 0 Å². The summed E-state index contributed by atoms with van der Waals surface area (Å²) in [6, 6.07) is 6.10. The van der Waals surface area contributed by atoms with Gasteiger partial charge in [0.25, 0.3) is 0 Å². The van der Waals surface area contributed by atoms with Crippen molar-refractivity contribution in [3.63, 3.8) is 0 Å². The zero-order valence-electron chi connectivity index (χ0n) is 7.27. The first-order valence-corrected chi connectivity index (χ1v) is 3.86. The lowest BCUT2D eigenvalue weighted by molar-refractivity contribution is -0.136. The molecule has 0 saturated carbocycles. The molecule has 0 aliphatic heterocycles. The first kappa shape index (κ1) is 10.0.